The fourth-order valence-corrected chi connectivity index (χ4v) is 2.66. The lowest BCUT2D eigenvalue weighted by atomic mass is 10.1. The molecule has 3 rings (SSSR count). The molecule has 3 aromatic carbocycles. The highest BCUT2D eigenvalue weighted by Crippen LogP contribution is 2.23. The maximum absolute atomic E-state index is 12.0. The lowest BCUT2D eigenvalue weighted by molar-refractivity contribution is -0.119. The number of ether oxygens (including phenoxy) is 1. The summed E-state index contributed by atoms with van der Waals surface area (Å²) in [6.07, 6.45) is 1.38. The van der Waals surface area contributed by atoms with Crippen molar-refractivity contribution in [2.45, 2.75) is 6.92 Å². The van der Waals surface area contributed by atoms with Crippen molar-refractivity contribution in [1.82, 2.24) is 5.43 Å². The summed E-state index contributed by atoms with van der Waals surface area (Å²) in [4.78, 5) is 12.0. The number of hydrogen-bond acceptors (Lipinski definition) is 5. The van der Waals surface area contributed by atoms with Crippen molar-refractivity contribution in [1.29, 1.82) is 0 Å². The molecule has 0 heterocycles. The van der Waals surface area contributed by atoms with Crippen LogP contribution < -0.4 is 15.5 Å². The van der Waals surface area contributed by atoms with E-state index in [0.29, 0.717) is 17.9 Å². The van der Waals surface area contributed by atoms with Crippen molar-refractivity contribution in [3.8, 4) is 11.5 Å². The average Bonchev–Trinajstić information content (AvgIpc) is 2.69. The number of benzene rings is 3. The summed E-state index contributed by atoms with van der Waals surface area (Å²) in [5.74, 6) is 0.394. The first kappa shape index (κ1) is 18.3. The van der Waals surface area contributed by atoms with Crippen LogP contribution in [-0.2, 0) is 4.79 Å². The van der Waals surface area contributed by atoms with Gasteiger partial charge in [0.15, 0.2) is 0 Å². The molecule has 0 saturated carbocycles. The number of nitrogens with zero attached hydrogens (tertiary/aromatic N) is 1. The van der Waals surface area contributed by atoms with E-state index in [1.165, 1.54) is 12.3 Å². The standard InChI is InChI=1S/C21H21N3O3/c1-2-27-17-10-11-20(25)16(12-17)13-23-24-21(26)14-22-19-9-5-7-15-6-3-4-8-18(15)19/h3-13,22,25H,2,14H2,1H3,(H,24,26)/b23-13+. The molecule has 6 heteroatoms. The minimum absolute atomic E-state index is 0.0605. The molecule has 0 atom stereocenters. The first-order valence-electron chi connectivity index (χ1n) is 8.66. The minimum atomic E-state index is -0.292. The van der Waals surface area contributed by atoms with E-state index >= 15 is 0 Å². The zero-order valence-electron chi connectivity index (χ0n) is 15.0. The first-order chi connectivity index (χ1) is 13.2. The van der Waals surface area contributed by atoms with Gasteiger partial charge in [0.05, 0.1) is 19.4 Å². The molecule has 0 unspecified atom stereocenters. The zero-order chi connectivity index (χ0) is 19.1. The van der Waals surface area contributed by atoms with Gasteiger partial charge in [-0.2, -0.15) is 5.10 Å². The number of hydrogen-bond donors (Lipinski definition) is 3. The van der Waals surface area contributed by atoms with Crippen LogP contribution in [0.15, 0.2) is 65.8 Å². The number of aromatic hydroxyl groups is 1. The molecule has 0 aliphatic heterocycles. The summed E-state index contributed by atoms with van der Waals surface area (Å²) in [6, 6.07) is 18.7. The Bertz CT molecular complexity index is 965. The Labute approximate surface area is 157 Å². The molecular formula is C21H21N3O3. The van der Waals surface area contributed by atoms with Gasteiger partial charge >= 0.3 is 0 Å². The highest BCUT2D eigenvalue weighted by Gasteiger charge is 2.04. The Morgan fingerprint density at radius 1 is 1.15 bits per heavy atom. The Morgan fingerprint density at radius 3 is 2.81 bits per heavy atom. The second kappa shape index (κ2) is 8.71. The summed E-state index contributed by atoms with van der Waals surface area (Å²) in [7, 11) is 0. The third-order valence-corrected chi connectivity index (χ3v) is 3.93. The molecule has 0 saturated heterocycles. The van der Waals surface area contributed by atoms with E-state index in [1.807, 2.05) is 49.4 Å². The predicted octanol–water partition coefficient (Wildman–Crippen LogP) is 3.51. The summed E-state index contributed by atoms with van der Waals surface area (Å²) < 4.78 is 5.38. The Kier molecular flexibility index (Phi) is 5.89. The molecule has 6 nitrogen and oxygen atoms in total. The third kappa shape index (κ3) is 4.76. The van der Waals surface area contributed by atoms with Crippen molar-refractivity contribution in [2.24, 2.45) is 5.10 Å². The number of carbonyl (C=O) groups excluding carboxylic acids is 1. The number of amides is 1. The number of anilines is 1. The highest BCUT2D eigenvalue weighted by molar-refractivity contribution is 5.95. The second-order valence-electron chi connectivity index (χ2n) is 5.83. The van der Waals surface area contributed by atoms with Crippen LogP contribution >= 0.6 is 0 Å². The van der Waals surface area contributed by atoms with Gasteiger partial charge in [-0.15, -0.1) is 0 Å². The molecule has 0 aromatic heterocycles. The average molecular weight is 363 g/mol. The number of rotatable bonds is 7. The SMILES string of the molecule is CCOc1ccc(O)c(/C=N/NC(=O)CNc2cccc3ccccc23)c1. The van der Waals surface area contributed by atoms with Gasteiger partial charge in [0.25, 0.3) is 5.91 Å². The highest BCUT2D eigenvalue weighted by atomic mass is 16.5. The lowest BCUT2D eigenvalue weighted by Gasteiger charge is -2.09. The molecule has 0 aliphatic rings. The van der Waals surface area contributed by atoms with Crippen LogP contribution in [0.5, 0.6) is 11.5 Å². The van der Waals surface area contributed by atoms with Gasteiger partial charge in [0, 0.05) is 16.6 Å². The van der Waals surface area contributed by atoms with Crippen molar-refractivity contribution in [3.05, 3.63) is 66.2 Å². The number of hydrazone groups is 1. The fourth-order valence-electron chi connectivity index (χ4n) is 2.66. The number of phenolic OH excluding ortho intramolecular Hbond substituents is 1. The van der Waals surface area contributed by atoms with Crippen molar-refractivity contribution >= 4 is 28.6 Å². The number of carbonyl (C=O) groups is 1. The Hall–Kier alpha value is -3.54. The predicted molar refractivity (Wildman–Crippen MR) is 107 cm³/mol. The van der Waals surface area contributed by atoms with Gasteiger partial charge in [-0.1, -0.05) is 36.4 Å². The van der Waals surface area contributed by atoms with E-state index < -0.39 is 0 Å². The summed E-state index contributed by atoms with van der Waals surface area (Å²) in [5.41, 5.74) is 3.79. The molecule has 3 aromatic rings. The Balaban J connectivity index is 1.58. The van der Waals surface area contributed by atoms with E-state index in [-0.39, 0.29) is 18.2 Å². The molecule has 1 amide bonds. The minimum Gasteiger partial charge on any atom is -0.507 e. The van der Waals surface area contributed by atoms with Crippen LogP contribution in [0.2, 0.25) is 0 Å². The summed E-state index contributed by atoms with van der Waals surface area (Å²) in [5, 5.41) is 19.0. The maximum atomic E-state index is 12.0. The summed E-state index contributed by atoms with van der Waals surface area (Å²) in [6.45, 7) is 2.48. The fraction of sp³-hybridized carbons (Fsp3) is 0.143. The van der Waals surface area contributed by atoms with Gasteiger partial charge < -0.3 is 15.2 Å². The maximum Gasteiger partial charge on any atom is 0.259 e. The van der Waals surface area contributed by atoms with Crippen LogP contribution in [0.1, 0.15) is 12.5 Å². The first-order valence-corrected chi connectivity index (χ1v) is 8.66. The van der Waals surface area contributed by atoms with E-state index in [2.05, 4.69) is 15.8 Å². The number of nitrogens with one attached hydrogen (secondary N) is 2. The molecule has 0 aliphatic carbocycles. The van der Waals surface area contributed by atoms with Crippen LogP contribution in [0.3, 0.4) is 0 Å². The van der Waals surface area contributed by atoms with Crippen LogP contribution in [-0.4, -0.2) is 30.4 Å². The topological polar surface area (TPSA) is 83.0 Å². The van der Waals surface area contributed by atoms with Gasteiger partial charge in [-0.05, 0) is 36.6 Å². The molecule has 138 valence electrons. The normalized spacial score (nSPS) is 10.9. The van der Waals surface area contributed by atoms with Gasteiger partial charge in [-0.25, -0.2) is 5.43 Å². The van der Waals surface area contributed by atoms with E-state index in [0.717, 1.165) is 16.5 Å². The van der Waals surface area contributed by atoms with E-state index in [4.69, 9.17) is 4.74 Å². The van der Waals surface area contributed by atoms with E-state index in [9.17, 15) is 9.90 Å². The van der Waals surface area contributed by atoms with E-state index in [1.54, 1.807) is 12.1 Å². The quantitative estimate of drug-likeness (QED) is 0.443. The lowest BCUT2D eigenvalue weighted by Crippen LogP contribution is -2.25. The van der Waals surface area contributed by atoms with Gasteiger partial charge in [0.1, 0.15) is 11.5 Å². The molecule has 0 bridgehead atoms. The molecule has 0 fully saturated rings. The second-order valence-corrected chi connectivity index (χ2v) is 5.83. The van der Waals surface area contributed by atoms with Gasteiger partial charge in [-0.3, -0.25) is 4.79 Å². The number of fused-ring (bicyclic) bond motifs is 1. The summed E-state index contributed by atoms with van der Waals surface area (Å²) >= 11 is 0. The Morgan fingerprint density at radius 2 is 1.96 bits per heavy atom. The van der Waals surface area contributed by atoms with Crippen molar-refractivity contribution in [3.63, 3.8) is 0 Å². The molecular weight excluding hydrogens is 342 g/mol. The van der Waals surface area contributed by atoms with Crippen molar-refractivity contribution < 1.29 is 14.6 Å². The largest absolute Gasteiger partial charge is 0.507 e. The number of phenols is 1. The molecule has 27 heavy (non-hydrogen) atoms. The third-order valence-electron chi connectivity index (χ3n) is 3.93. The van der Waals surface area contributed by atoms with Crippen LogP contribution in [0.4, 0.5) is 5.69 Å². The molecule has 0 radical (unpaired) electrons. The zero-order valence-corrected chi connectivity index (χ0v) is 15.0. The monoisotopic (exact) mass is 363 g/mol. The van der Waals surface area contributed by atoms with Gasteiger partial charge in [0.2, 0.25) is 0 Å². The van der Waals surface area contributed by atoms with Crippen molar-refractivity contribution in [2.75, 3.05) is 18.5 Å². The van der Waals surface area contributed by atoms with Crippen LogP contribution in [0.25, 0.3) is 10.8 Å². The van der Waals surface area contributed by atoms with Crippen LogP contribution in [0, 0.1) is 0 Å². The smallest absolute Gasteiger partial charge is 0.259 e. The molecule has 3 N–H and O–H groups in total. The molecule has 0 spiro atoms.